The summed E-state index contributed by atoms with van der Waals surface area (Å²) >= 11 is 0. The number of Topliss-reactive ketones (excluding diaryl/α,β-unsaturated/α-hetero) is 1. The molecular weight excluding hydrogens is 230 g/mol. The van der Waals surface area contributed by atoms with E-state index in [0.717, 1.165) is 31.8 Å². The Kier molecular flexibility index (Phi) is 4.73. The van der Waals surface area contributed by atoms with Gasteiger partial charge in [-0.2, -0.15) is 0 Å². The molecule has 1 saturated heterocycles. The van der Waals surface area contributed by atoms with Gasteiger partial charge in [-0.3, -0.25) is 4.79 Å². The Morgan fingerprint density at radius 2 is 2.22 bits per heavy atom. The first kappa shape index (κ1) is 13.1. The molecule has 1 aliphatic heterocycles. The van der Waals surface area contributed by atoms with E-state index in [1.807, 2.05) is 24.3 Å². The van der Waals surface area contributed by atoms with Crippen LogP contribution in [0.1, 0.15) is 23.2 Å². The van der Waals surface area contributed by atoms with Crippen LogP contribution in [-0.2, 0) is 4.74 Å². The Morgan fingerprint density at radius 1 is 1.44 bits per heavy atom. The van der Waals surface area contributed by atoms with E-state index in [-0.39, 0.29) is 11.9 Å². The van der Waals surface area contributed by atoms with Crippen molar-refractivity contribution in [3.05, 3.63) is 29.8 Å². The third kappa shape index (κ3) is 3.55. The summed E-state index contributed by atoms with van der Waals surface area (Å²) < 4.78 is 11.2. The summed E-state index contributed by atoms with van der Waals surface area (Å²) in [7, 11) is 1.76. The van der Waals surface area contributed by atoms with Gasteiger partial charge in [-0.1, -0.05) is 12.1 Å². The van der Waals surface area contributed by atoms with Crippen LogP contribution in [0, 0.1) is 0 Å². The number of benzene rings is 1. The molecule has 0 bridgehead atoms. The summed E-state index contributed by atoms with van der Waals surface area (Å²) in [5.41, 5.74) is 0.689. The molecular formula is C14H19NO3. The lowest BCUT2D eigenvalue weighted by Crippen LogP contribution is -2.26. The topological polar surface area (TPSA) is 47.6 Å². The lowest BCUT2D eigenvalue weighted by atomic mass is 10.1. The van der Waals surface area contributed by atoms with Gasteiger partial charge >= 0.3 is 0 Å². The predicted molar refractivity (Wildman–Crippen MR) is 69.2 cm³/mol. The second kappa shape index (κ2) is 6.52. The summed E-state index contributed by atoms with van der Waals surface area (Å²) in [6.45, 7) is 1.85. The van der Waals surface area contributed by atoms with Crippen molar-refractivity contribution >= 4 is 5.78 Å². The summed E-state index contributed by atoms with van der Waals surface area (Å²) in [6.07, 6.45) is 2.03. The van der Waals surface area contributed by atoms with Crippen molar-refractivity contribution in [2.24, 2.45) is 0 Å². The van der Waals surface area contributed by atoms with E-state index < -0.39 is 0 Å². The molecule has 0 atom stereocenters. The van der Waals surface area contributed by atoms with Crippen LogP contribution in [0.15, 0.2) is 24.3 Å². The van der Waals surface area contributed by atoms with Gasteiger partial charge in [-0.05, 0) is 19.2 Å². The van der Waals surface area contributed by atoms with Crippen LogP contribution in [0.3, 0.4) is 0 Å². The standard InChI is InChI=1S/C14H19NO3/c1-15-10-14(16)11-3-2-4-13(9-11)18-12-5-7-17-8-6-12/h2-4,9,12,15H,5-8,10H2,1H3. The highest BCUT2D eigenvalue weighted by Crippen LogP contribution is 2.19. The SMILES string of the molecule is CNCC(=O)c1cccc(OC2CCOCC2)c1. The average Bonchev–Trinajstić information content (AvgIpc) is 2.40. The fourth-order valence-electron chi connectivity index (χ4n) is 1.99. The van der Waals surface area contributed by atoms with Gasteiger partial charge < -0.3 is 14.8 Å². The maximum absolute atomic E-state index is 11.8. The van der Waals surface area contributed by atoms with Crippen molar-refractivity contribution in [1.82, 2.24) is 5.32 Å². The molecule has 98 valence electrons. The van der Waals surface area contributed by atoms with E-state index in [4.69, 9.17) is 9.47 Å². The van der Waals surface area contributed by atoms with Crippen LogP contribution in [0.4, 0.5) is 0 Å². The molecule has 2 rings (SSSR count). The lowest BCUT2D eigenvalue weighted by Gasteiger charge is -2.23. The quantitative estimate of drug-likeness (QED) is 0.806. The first-order chi connectivity index (χ1) is 8.79. The number of likely N-dealkylation sites (N-methyl/N-ethyl adjacent to an activating group) is 1. The summed E-state index contributed by atoms with van der Waals surface area (Å²) in [4.78, 5) is 11.8. The smallest absolute Gasteiger partial charge is 0.176 e. The van der Waals surface area contributed by atoms with E-state index in [0.29, 0.717) is 12.1 Å². The molecule has 1 heterocycles. The minimum atomic E-state index is 0.0786. The maximum Gasteiger partial charge on any atom is 0.176 e. The number of ketones is 1. The Hall–Kier alpha value is -1.39. The van der Waals surface area contributed by atoms with Gasteiger partial charge in [0.15, 0.2) is 5.78 Å². The highest BCUT2D eigenvalue weighted by molar-refractivity contribution is 5.97. The molecule has 0 spiro atoms. The minimum absolute atomic E-state index is 0.0786. The number of carbonyl (C=O) groups is 1. The molecule has 0 amide bonds. The zero-order valence-corrected chi connectivity index (χ0v) is 10.6. The zero-order valence-electron chi connectivity index (χ0n) is 10.6. The molecule has 1 fully saturated rings. The molecule has 18 heavy (non-hydrogen) atoms. The van der Waals surface area contributed by atoms with Gasteiger partial charge in [0.1, 0.15) is 11.9 Å². The molecule has 0 aliphatic carbocycles. The Morgan fingerprint density at radius 3 is 2.94 bits per heavy atom. The van der Waals surface area contributed by atoms with Crippen molar-refractivity contribution in [2.75, 3.05) is 26.8 Å². The van der Waals surface area contributed by atoms with Crippen LogP contribution in [0.2, 0.25) is 0 Å². The molecule has 1 aromatic rings. The molecule has 0 aromatic heterocycles. The lowest BCUT2D eigenvalue weighted by molar-refractivity contribution is 0.0255. The maximum atomic E-state index is 11.8. The highest BCUT2D eigenvalue weighted by Gasteiger charge is 2.15. The Balaban J connectivity index is 2.00. The second-order valence-electron chi connectivity index (χ2n) is 4.41. The Labute approximate surface area is 107 Å². The van der Waals surface area contributed by atoms with Crippen LogP contribution >= 0.6 is 0 Å². The molecule has 4 heteroatoms. The van der Waals surface area contributed by atoms with E-state index in [9.17, 15) is 4.79 Å². The molecule has 4 nitrogen and oxygen atoms in total. The van der Waals surface area contributed by atoms with Crippen molar-refractivity contribution < 1.29 is 14.3 Å². The van der Waals surface area contributed by atoms with E-state index in [1.54, 1.807) is 7.05 Å². The number of ether oxygens (including phenoxy) is 2. The molecule has 0 radical (unpaired) electrons. The van der Waals surface area contributed by atoms with E-state index >= 15 is 0 Å². The second-order valence-corrected chi connectivity index (χ2v) is 4.41. The first-order valence-corrected chi connectivity index (χ1v) is 6.32. The van der Waals surface area contributed by atoms with Gasteiger partial charge in [0.05, 0.1) is 19.8 Å². The van der Waals surface area contributed by atoms with Gasteiger partial charge in [-0.15, -0.1) is 0 Å². The van der Waals surface area contributed by atoms with Gasteiger partial charge in [-0.25, -0.2) is 0 Å². The van der Waals surface area contributed by atoms with Crippen molar-refractivity contribution in [3.8, 4) is 5.75 Å². The third-order valence-electron chi connectivity index (χ3n) is 2.96. The number of carbonyl (C=O) groups excluding carboxylic acids is 1. The van der Waals surface area contributed by atoms with E-state index in [2.05, 4.69) is 5.32 Å². The number of nitrogens with one attached hydrogen (secondary N) is 1. The van der Waals surface area contributed by atoms with Crippen molar-refractivity contribution in [2.45, 2.75) is 18.9 Å². The zero-order chi connectivity index (χ0) is 12.8. The molecule has 1 aromatic carbocycles. The summed E-state index contributed by atoms with van der Waals surface area (Å²) in [6, 6.07) is 7.38. The van der Waals surface area contributed by atoms with Gasteiger partial charge in [0.2, 0.25) is 0 Å². The fourth-order valence-corrected chi connectivity index (χ4v) is 1.99. The van der Waals surface area contributed by atoms with Crippen LogP contribution in [-0.4, -0.2) is 38.7 Å². The highest BCUT2D eigenvalue weighted by atomic mass is 16.5. The van der Waals surface area contributed by atoms with Crippen molar-refractivity contribution in [3.63, 3.8) is 0 Å². The third-order valence-corrected chi connectivity index (χ3v) is 2.96. The van der Waals surface area contributed by atoms with Crippen LogP contribution in [0.5, 0.6) is 5.75 Å². The molecule has 1 N–H and O–H groups in total. The number of rotatable bonds is 5. The fraction of sp³-hybridized carbons (Fsp3) is 0.500. The predicted octanol–water partition coefficient (Wildman–Crippen LogP) is 1.65. The van der Waals surface area contributed by atoms with E-state index in [1.165, 1.54) is 0 Å². The summed E-state index contributed by atoms with van der Waals surface area (Å²) in [5.74, 6) is 0.846. The monoisotopic (exact) mass is 249 g/mol. The van der Waals surface area contributed by atoms with Gasteiger partial charge in [0, 0.05) is 18.4 Å². The summed E-state index contributed by atoms with van der Waals surface area (Å²) in [5, 5.41) is 2.86. The Bertz CT molecular complexity index is 400. The van der Waals surface area contributed by atoms with Crippen LogP contribution < -0.4 is 10.1 Å². The number of hydrogen-bond donors (Lipinski definition) is 1. The molecule has 1 aliphatic rings. The molecule has 0 saturated carbocycles. The minimum Gasteiger partial charge on any atom is -0.490 e. The largest absolute Gasteiger partial charge is 0.490 e. The normalized spacial score (nSPS) is 16.5. The van der Waals surface area contributed by atoms with Crippen molar-refractivity contribution in [1.29, 1.82) is 0 Å². The average molecular weight is 249 g/mol. The number of hydrogen-bond acceptors (Lipinski definition) is 4. The first-order valence-electron chi connectivity index (χ1n) is 6.32. The molecule has 0 unspecified atom stereocenters. The van der Waals surface area contributed by atoms with Crippen LogP contribution in [0.25, 0.3) is 0 Å². The van der Waals surface area contributed by atoms with Gasteiger partial charge in [0.25, 0.3) is 0 Å².